The van der Waals surface area contributed by atoms with Crippen molar-refractivity contribution in [1.82, 2.24) is 20.2 Å². The van der Waals surface area contributed by atoms with Gasteiger partial charge in [-0.25, -0.2) is 14.8 Å². The van der Waals surface area contributed by atoms with E-state index >= 15 is 0 Å². The number of rotatable bonds is 6. The molecule has 1 atom stereocenters. The molecule has 1 aromatic carbocycles. The summed E-state index contributed by atoms with van der Waals surface area (Å²) >= 11 is 0. The smallest absolute Gasteiger partial charge is 0.317 e. The number of carbonyl (C=O) groups is 1. The van der Waals surface area contributed by atoms with Crippen LogP contribution in [0.1, 0.15) is 61.3 Å². The van der Waals surface area contributed by atoms with Gasteiger partial charge < -0.3 is 15.1 Å². The van der Waals surface area contributed by atoms with Gasteiger partial charge in [0.2, 0.25) is 0 Å². The average molecular weight is 410 g/mol. The highest BCUT2D eigenvalue weighted by Gasteiger charge is 2.25. The number of amides is 2. The maximum atomic E-state index is 12.2. The van der Waals surface area contributed by atoms with Gasteiger partial charge in [0.25, 0.3) is 0 Å². The highest BCUT2D eigenvalue weighted by atomic mass is 16.2. The summed E-state index contributed by atoms with van der Waals surface area (Å²) in [6.07, 6.45) is 1.83. The first kappa shape index (κ1) is 22.1. The molecule has 1 aliphatic rings. The lowest BCUT2D eigenvalue weighted by Gasteiger charge is -2.36. The third-order valence-corrected chi connectivity index (χ3v) is 5.96. The molecule has 0 saturated carbocycles. The maximum Gasteiger partial charge on any atom is 0.317 e. The Morgan fingerprint density at radius 1 is 1.07 bits per heavy atom. The van der Waals surface area contributed by atoms with Crippen molar-refractivity contribution >= 4 is 11.8 Å². The number of carbonyl (C=O) groups excluding carboxylic acids is 1. The van der Waals surface area contributed by atoms with Crippen molar-refractivity contribution in [3.05, 3.63) is 52.5 Å². The molecular weight excluding hydrogens is 374 g/mol. The predicted molar refractivity (Wildman–Crippen MR) is 122 cm³/mol. The zero-order chi connectivity index (χ0) is 21.7. The van der Waals surface area contributed by atoms with Crippen LogP contribution in [0, 0.1) is 13.8 Å². The molecular formula is C24H35N5O. The van der Waals surface area contributed by atoms with Gasteiger partial charge in [0.1, 0.15) is 11.6 Å². The van der Waals surface area contributed by atoms with Crippen LogP contribution in [0.3, 0.4) is 0 Å². The van der Waals surface area contributed by atoms with Crippen molar-refractivity contribution in [1.29, 1.82) is 0 Å². The number of aromatic nitrogens is 2. The summed E-state index contributed by atoms with van der Waals surface area (Å²) in [5, 5.41) is 2.90. The summed E-state index contributed by atoms with van der Waals surface area (Å²) in [6, 6.07) is 8.71. The Balaban J connectivity index is 1.89. The van der Waals surface area contributed by atoms with Crippen LogP contribution in [0.2, 0.25) is 0 Å². The van der Waals surface area contributed by atoms with Gasteiger partial charge in [0.15, 0.2) is 0 Å². The van der Waals surface area contributed by atoms with Crippen molar-refractivity contribution < 1.29 is 4.79 Å². The Morgan fingerprint density at radius 2 is 1.73 bits per heavy atom. The zero-order valence-corrected chi connectivity index (χ0v) is 19.0. The number of anilines is 1. The molecule has 6 heteroatoms. The number of nitrogens with zero attached hydrogens (tertiary/aromatic N) is 4. The molecule has 0 bridgehead atoms. The molecule has 1 fully saturated rings. The topological polar surface area (TPSA) is 61.4 Å². The van der Waals surface area contributed by atoms with E-state index < -0.39 is 0 Å². The van der Waals surface area contributed by atoms with Gasteiger partial charge >= 0.3 is 6.03 Å². The van der Waals surface area contributed by atoms with Crippen LogP contribution in [0.25, 0.3) is 0 Å². The monoisotopic (exact) mass is 409 g/mol. The first-order valence-corrected chi connectivity index (χ1v) is 11.1. The van der Waals surface area contributed by atoms with E-state index in [2.05, 4.69) is 62.2 Å². The molecule has 0 spiro atoms. The van der Waals surface area contributed by atoms with E-state index in [1.54, 1.807) is 0 Å². The quantitative estimate of drug-likeness (QED) is 0.782. The number of benzene rings is 1. The van der Waals surface area contributed by atoms with E-state index in [1.807, 2.05) is 11.8 Å². The lowest BCUT2D eigenvalue weighted by molar-refractivity contribution is 0.195. The van der Waals surface area contributed by atoms with E-state index in [0.717, 1.165) is 43.3 Å². The van der Waals surface area contributed by atoms with Crippen LogP contribution >= 0.6 is 0 Å². The van der Waals surface area contributed by atoms with Crippen molar-refractivity contribution in [2.45, 2.75) is 53.4 Å². The van der Waals surface area contributed by atoms with Crippen molar-refractivity contribution in [2.24, 2.45) is 0 Å². The Labute approximate surface area is 180 Å². The highest BCUT2D eigenvalue weighted by Crippen LogP contribution is 2.28. The van der Waals surface area contributed by atoms with E-state index in [-0.39, 0.29) is 6.03 Å². The summed E-state index contributed by atoms with van der Waals surface area (Å²) in [6.45, 7) is 14.2. The van der Waals surface area contributed by atoms with Crippen molar-refractivity contribution in [2.75, 3.05) is 37.6 Å². The largest absolute Gasteiger partial charge is 0.353 e. The molecule has 162 valence electrons. The van der Waals surface area contributed by atoms with Crippen LogP contribution < -0.4 is 10.2 Å². The molecule has 0 radical (unpaired) electrons. The summed E-state index contributed by atoms with van der Waals surface area (Å²) < 4.78 is 0. The molecule has 0 aliphatic carbocycles. The fourth-order valence-corrected chi connectivity index (χ4v) is 3.77. The molecule has 2 heterocycles. The molecule has 3 rings (SSSR count). The van der Waals surface area contributed by atoms with Crippen molar-refractivity contribution in [3.8, 4) is 0 Å². The standard InChI is InChI=1S/C24H35N5O/c1-6-18(4)22-26-19(5)21(16-20-10-8-17(3)9-11-20)23(27-22)28-12-14-29(15-13-28)24(30)25-7-2/h8-11,18H,6-7,12-16H2,1-5H3,(H,25,30)/t18-/m1/s1. The van der Waals surface area contributed by atoms with Gasteiger partial charge in [0, 0.05) is 56.3 Å². The summed E-state index contributed by atoms with van der Waals surface area (Å²) in [5.41, 5.74) is 4.78. The SMILES string of the molecule is CCNC(=O)N1CCN(c2nc([C@H](C)CC)nc(C)c2Cc2ccc(C)cc2)CC1. The van der Waals surface area contributed by atoms with Crippen LogP contribution in [0.5, 0.6) is 0 Å². The lowest BCUT2D eigenvalue weighted by atomic mass is 10.0. The van der Waals surface area contributed by atoms with Crippen molar-refractivity contribution in [3.63, 3.8) is 0 Å². The molecule has 1 saturated heterocycles. The lowest BCUT2D eigenvalue weighted by Crippen LogP contribution is -2.52. The predicted octanol–water partition coefficient (Wildman–Crippen LogP) is 4.05. The Bertz CT molecular complexity index is 857. The minimum absolute atomic E-state index is 0.0243. The Morgan fingerprint density at radius 3 is 2.33 bits per heavy atom. The fourth-order valence-electron chi connectivity index (χ4n) is 3.77. The summed E-state index contributed by atoms with van der Waals surface area (Å²) in [4.78, 5) is 26.3. The molecule has 0 unspecified atom stereocenters. The van der Waals surface area contributed by atoms with Crippen LogP contribution in [-0.4, -0.2) is 53.6 Å². The third-order valence-electron chi connectivity index (χ3n) is 5.96. The molecule has 2 amide bonds. The van der Waals surface area contributed by atoms with Gasteiger partial charge in [-0.2, -0.15) is 0 Å². The maximum absolute atomic E-state index is 12.2. The molecule has 30 heavy (non-hydrogen) atoms. The zero-order valence-electron chi connectivity index (χ0n) is 19.0. The van der Waals surface area contributed by atoms with E-state index in [9.17, 15) is 4.79 Å². The average Bonchev–Trinajstić information content (AvgIpc) is 2.76. The van der Waals surface area contributed by atoms with Crippen LogP contribution in [0.4, 0.5) is 10.6 Å². The Kier molecular flexibility index (Phi) is 7.29. The van der Waals surface area contributed by atoms with Crippen LogP contribution in [-0.2, 0) is 6.42 Å². The second-order valence-corrected chi connectivity index (χ2v) is 8.25. The number of aryl methyl sites for hydroxylation is 2. The molecule has 1 N–H and O–H groups in total. The van der Waals surface area contributed by atoms with Gasteiger partial charge in [-0.3, -0.25) is 0 Å². The number of hydrogen-bond acceptors (Lipinski definition) is 4. The van der Waals surface area contributed by atoms with Gasteiger partial charge in [-0.1, -0.05) is 43.7 Å². The minimum atomic E-state index is 0.0243. The molecule has 2 aromatic rings. The van der Waals surface area contributed by atoms with E-state index in [1.165, 1.54) is 16.7 Å². The van der Waals surface area contributed by atoms with Gasteiger partial charge in [-0.05, 0) is 32.8 Å². The second-order valence-electron chi connectivity index (χ2n) is 8.25. The normalized spacial score (nSPS) is 15.2. The number of urea groups is 1. The van der Waals surface area contributed by atoms with E-state index in [0.29, 0.717) is 25.6 Å². The van der Waals surface area contributed by atoms with E-state index in [4.69, 9.17) is 9.97 Å². The fraction of sp³-hybridized carbons (Fsp3) is 0.542. The third kappa shape index (κ3) is 5.10. The first-order chi connectivity index (χ1) is 14.4. The number of hydrogen-bond donors (Lipinski definition) is 1. The first-order valence-electron chi connectivity index (χ1n) is 11.1. The molecule has 6 nitrogen and oxygen atoms in total. The molecule has 1 aromatic heterocycles. The Hall–Kier alpha value is -2.63. The van der Waals surface area contributed by atoms with Gasteiger partial charge in [-0.15, -0.1) is 0 Å². The molecule has 1 aliphatic heterocycles. The second kappa shape index (κ2) is 9.92. The minimum Gasteiger partial charge on any atom is -0.353 e. The highest BCUT2D eigenvalue weighted by molar-refractivity contribution is 5.74. The number of piperazine rings is 1. The number of nitrogens with one attached hydrogen (secondary N) is 1. The summed E-state index contributed by atoms with van der Waals surface area (Å²) in [5.74, 6) is 2.28. The summed E-state index contributed by atoms with van der Waals surface area (Å²) in [7, 11) is 0. The van der Waals surface area contributed by atoms with Crippen LogP contribution in [0.15, 0.2) is 24.3 Å². The van der Waals surface area contributed by atoms with Gasteiger partial charge in [0.05, 0.1) is 0 Å².